The van der Waals surface area contributed by atoms with Crippen LogP contribution in [0.4, 0.5) is 71.5 Å². The number of halogens is 15. The number of nitriles is 1. The first-order valence-electron chi connectivity index (χ1n) is 40.1. The summed E-state index contributed by atoms with van der Waals surface area (Å²) in [6.07, 6.45) is -8.95. The predicted octanol–water partition coefficient (Wildman–Crippen LogP) is 20.4. The number of thiophene rings is 5. The van der Waals surface area contributed by atoms with Gasteiger partial charge in [0.1, 0.15) is 63.5 Å². The first-order valence-corrected chi connectivity index (χ1v) is 44.2. The van der Waals surface area contributed by atoms with Crippen LogP contribution in [0.15, 0.2) is 121 Å². The highest BCUT2D eigenvalue weighted by Crippen LogP contribution is 2.42. The van der Waals surface area contributed by atoms with Gasteiger partial charge < -0.3 is 35.5 Å². The van der Waals surface area contributed by atoms with Crippen LogP contribution in [0.1, 0.15) is 194 Å². The van der Waals surface area contributed by atoms with Crippen molar-refractivity contribution in [1.29, 1.82) is 5.26 Å². The molecule has 43 heteroatoms. The minimum absolute atomic E-state index is 0.0389. The van der Waals surface area contributed by atoms with Gasteiger partial charge in [0.25, 0.3) is 29.5 Å². The molecular weight excluding hydrogens is 1790 g/mol. The van der Waals surface area contributed by atoms with Crippen molar-refractivity contribution < 1.29 is 100 Å². The lowest BCUT2D eigenvalue weighted by atomic mass is 9.88. The average molecular weight is 1880 g/mol. The molecule has 127 heavy (non-hydrogen) atoms. The molecule has 2 atom stereocenters. The summed E-state index contributed by atoms with van der Waals surface area (Å²) >= 11 is 5.55. The number of nitrogens with one attached hydrogen (secondary N) is 2. The SMILES string of the molecule is CC(O)CN(CC(C)O)C(=O)c1ccc(-c2cc(C(F)(F)F)n(C)n2)s1.CCCCN(C(=O)c1ccc(-c2cc(C(F)(F)F)n(C)n2)s1)c1ccccc1.CCCCNC(=O)c1ccc(-c2cc(C(F)(F)F)n(C)n2)s1.Cn1nc(-c2ccc(C(=O)N(C3CCCCC3)C3CCCCC3)s2)cc1C(F)(F)F.Cn1nc(-c2ccc(C(=O)NCC#N)s2)cc1C(F)(F)F. The highest BCUT2D eigenvalue weighted by Gasteiger charge is 2.41. The van der Waals surface area contributed by atoms with Crippen LogP contribution in [-0.4, -0.2) is 155 Å². The molecule has 0 spiro atoms. The summed E-state index contributed by atoms with van der Waals surface area (Å²) in [5.74, 6) is -1.19. The third-order valence-electron chi connectivity index (χ3n) is 19.8. The van der Waals surface area contributed by atoms with Gasteiger partial charge in [0, 0.05) is 79.2 Å². The highest BCUT2D eigenvalue weighted by molar-refractivity contribution is 7.18. The smallest absolute Gasteiger partial charge is 0.392 e. The van der Waals surface area contributed by atoms with E-state index in [1.54, 1.807) is 47.4 Å². The average Bonchev–Trinajstić information content (AvgIpc) is 1.68. The molecule has 2 aliphatic rings. The van der Waals surface area contributed by atoms with Gasteiger partial charge in [-0.2, -0.15) is 96.6 Å². The van der Waals surface area contributed by atoms with E-state index in [2.05, 4.69) is 48.0 Å². The maximum absolute atomic E-state index is 13.6. The van der Waals surface area contributed by atoms with E-state index in [4.69, 9.17) is 5.26 Å². The number of amides is 5. The maximum atomic E-state index is 13.6. The zero-order valence-corrected chi connectivity index (χ0v) is 74.3. The Bertz CT molecular complexity index is 5480. The molecule has 2 fully saturated rings. The standard InChI is InChI=1S/C22H28F3N3OS.C20H20F3N3OS.C16H20F3N3O3S.C14H16F3N3OS.C12H9F3N4OS/c1-27-20(22(23,24)25)14-17(26-27)18-12-13-19(30-18)21(29)28(15-8-4-2-5-9-15)16-10-6-3-7-11-16;1-3-4-12-26(14-8-6-5-7-9-14)19(27)17-11-10-16(28-17)15-13-18(20(21,22)23)25(2)24-15;1-9(23)7-22(8-10(2)24)15(25)13-5-4-12(26-13)11-6-14(16(17,18)19)21(3)20-11;1-3-4-7-18-13(21)11-6-5-10(22-11)9-8-12(14(15,16)17)20(2)19-9;1-19-10(12(13,14)15)6-7(18-19)8-2-3-9(21-8)11(20)17-5-4-16/h12-16H,2-11H2,1H3;5-11,13H,3-4,12H2,1-2H3;4-6,9-10,23-24H,7-8H2,1-3H3;5-6,8H,3-4,7H2,1-2H3,(H,18,21);2-3,6H,5H2,1H3,(H,17,20). The number of para-hydroxylation sites is 1. The number of anilines is 1. The Balaban J connectivity index is 0.000000181. The summed E-state index contributed by atoms with van der Waals surface area (Å²) in [7, 11) is 6.21. The van der Waals surface area contributed by atoms with E-state index < -0.39 is 83.4 Å². The van der Waals surface area contributed by atoms with Crippen LogP contribution in [0.5, 0.6) is 0 Å². The van der Waals surface area contributed by atoms with E-state index in [1.165, 1.54) is 102 Å². The Morgan fingerprint density at radius 3 is 1.03 bits per heavy atom. The molecule has 10 aromatic heterocycles. The lowest BCUT2D eigenvalue weighted by Crippen LogP contribution is -2.48. The predicted molar refractivity (Wildman–Crippen MR) is 455 cm³/mol. The van der Waals surface area contributed by atoms with Crippen molar-refractivity contribution in [3.8, 4) is 58.9 Å². The largest absolute Gasteiger partial charge is 0.433 e. The van der Waals surface area contributed by atoms with E-state index in [0.29, 0.717) is 61.9 Å². The minimum atomic E-state index is -4.51. The topological polar surface area (TPSA) is 272 Å². The summed E-state index contributed by atoms with van der Waals surface area (Å²) < 4.78 is 197. The van der Waals surface area contributed by atoms with Crippen LogP contribution in [0.25, 0.3) is 52.9 Å². The molecule has 10 heterocycles. The van der Waals surface area contributed by atoms with Crippen LogP contribution >= 0.6 is 56.7 Å². The molecular formula is C84H93F15N16O7S5. The Labute approximate surface area is 741 Å². The quantitative estimate of drug-likeness (QED) is 0.0249. The molecule has 13 rings (SSSR count). The first-order chi connectivity index (χ1) is 59.8. The van der Waals surface area contributed by atoms with Gasteiger partial charge in [0.2, 0.25) is 0 Å². The van der Waals surface area contributed by atoms with Crippen molar-refractivity contribution in [2.45, 2.75) is 173 Å². The molecule has 0 aliphatic heterocycles. The van der Waals surface area contributed by atoms with E-state index >= 15 is 0 Å². The van der Waals surface area contributed by atoms with Crippen molar-refractivity contribution in [1.82, 2.24) is 69.3 Å². The molecule has 0 radical (unpaired) electrons. The number of aliphatic hydroxyl groups is 2. The molecule has 2 saturated carbocycles. The van der Waals surface area contributed by atoms with E-state index in [0.717, 1.165) is 182 Å². The number of alkyl halides is 15. The van der Waals surface area contributed by atoms with Gasteiger partial charge in [-0.1, -0.05) is 83.4 Å². The first kappa shape index (κ1) is 100. The van der Waals surface area contributed by atoms with Gasteiger partial charge in [0.05, 0.1) is 67.0 Å². The lowest BCUT2D eigenvalue weighted by Gasteiger charge is -2.41. The molecule has 2 unspecified atom stereocenters. The number of aromatic nitrogens is 10. The van der Waals surface area contributed by atoms with E-state index in [9.17, 15) is 100 Å². The van der Waals surface area contributed by atoms with Gasteiger partial charge in [-0.25, -0.2) is 0 Å². The van der Waals surface area contributed by atoms with Gasteiger partial charge in [-0.05, 0) is 156 Å². The monoisotopic (exact) mass is 1880 g/mol. The van der Waals surface area contributed by atoms with Crippen LogP contribution in [0.3, 0.4) is 0 Å². The fraction of sp³-hybridized carbons (Fsp3) is 0.440. The number of carbonyl (C=O) groups excluding carboxylic acids is 5. The van der Waals surface area contributed by atoms with Crippen LogP contribution in [-0.2, 0) is 66.1 Å². The third-order valence-corrected chi connectivity index (χ3v) is 25.3. The number of benzene rings is 1. The minimum Gasteiger partial charge on any atom is -0.392 e. The van der Waals surface area contributed by atoms with Gasteiger partial charge in [-0.3, -0.25) is 47.4 Å². The number of aryl methyl sites for hydroxylation is 5. The normalized spacial score (nSPS) is 13.9. The van der Waals surface area contributed by atoms with E-state index in [-0.39, 0.29) is 77.9 Å². The third kappa shape index (κ3) is 27.3. The molecule has 5 amide bonds. The van der Waals surface area contributed by atoms with Crippen molar-refractivity contribution in [2.24, 2.45) is 35.2 Å². The molecule has 1 aromatic carbocycles. The molecule has 0 bridgehead atoms. The summed E-state index contributed by atoms with van der Waals surface area (Å²) in [6, 6.07) is 32.6. The fourth-order valence-corrected chi connectivity index (χ4v) is 18.3. The second-order valence-electron chi connectivity index (χ2n) is 29.8. The number of unbranched alkanes of at least 4 members (excludes halogenated alkanes) is 2. The number of nitrogens with zero attached hydrogens (tertiary/aromatic N) is 14. The molecule has 0 saturated heterocycles. The molecule has 686 valence electrons. The number of carbonyl (C=O) groups is 5. The van der Waals surface area contributed by atoms with Crippen LogP contribution in [0, 0.1) is 11.3 Å². The summed E-state index contributed by atoms with van der Waals surface area (Å²) in [6.45, 7) is 8.23. The van der Waals surface area contributed by atoms with Crippen molar-refractivity contribution >= 4 is 91.9 Å². The second-order valence-corrected chi connectivity index (χ2v) is 35.2. The van der Waals surface area contributed by atoms with Crippen LogP contribution < -0.4 is 15.5 Å². The number of aliphatic hydroxyl groups excluding tert-OH is 2. The zero-order valence-electron chi connectivity index (χ0n) is 70.2. The fourth-order valence-electron chi connectivity index (χ4n) is 13.8. The van der Waals surface area contributed by atoms with Gasteiger partial charge >= 0.3 is 30.9 Å². The van der Waals surface area contributed by atoms with Crippen molar-refractivity contribution in [3.63, 3.8) is 0 Å². The maximum Gasteiger partial charge on any atom is 0.433 e. The summed E-state index contributed by atoms with van der Waals surface area (Å²) in [5, 5.41) is 52.1. The van der Waals surface area contributed by atoms with Gasteiger partial charge in [0.15, 0.2) is 0 Å². The van der Waals surface area contributed by atoms with Crippen molar-refractivity contribution in [2.75, 3.05) is 37.6 Å². The second kappa shape index (κ2) is 44.0. The Hall–Kier alpha value is -10.5. The number of rotatable bonds is 24. The van der Waals surface area contributed by atoms with Gasteiger partial charge in [-0.15, -0.1) is 56.7 Å². The number of hydrogen-bond donors (Lipinski definition) is 4. The molecule has 11 aromatic rings. The highest BCUT2D eigenvalue weighted by atomic mass is 32.1. The Morgan fingerprint density at radius 2 is 0.732 bits per heavy atom. The Kier molecular flexibility index (Phi) is 34.7. The molecule has 2 aliphatic carbocycles. The van der Waals surface area contributed by atoms with E-state index in [1.807, 2.05) is 37.3 Å². The number of hydrogen-bond acceptors (Lipinski definition) is 18. The molecule has 4 N–H and O–H groups in total. The Morgan fingerprint density at radius 1 is 0.433 bits per heavy atom. The summed E-state index contributed by atoms with van der Waals surface area (Å²) in [4.78, 5) is 72.5. The van der Waals surface area contributed by atoms with Crippen molar-refractivity contribution in [3.05, 3.63) is 174 Å². The lowest BCUT2D eigenvalue weighted by molar-refractivity contribution is -0.144. The summed E-state index contributed by atoms with van der Waals surface area (Å²) in [5.41, 5.74) is -2.40. The van der Waals surface area contributed by atoms with Crippen LogP contribution in [0.2, 0.25) is 0 Å². The zero-order chi connectivity index (χ0) is 93.2. The molecule has 23 nitrogen and oxygen atoms in total.